The number of aryl methyl sites for hydroxylation is 1. The first kappa shape index (κ1) is 11.9. The molecule has 1 N–H and O–H groups in total. The first-order valence-electron chi connectivity index (χ1n) is 5.88. The van der Waals surface area contributed by atoms with Crippen molar-refractivity contribution in [3.05, 3.63) is 41.8 Å². The Balaban J connectivity index is 1.92. The zero-order valence-electron chi connectivity index (χ0n) is 10.2. The number of benzene rings is 1. The number of thiazole rings is 1. The van der Waals surface area contributed by atoms with Gasteiger partial charge in [0, 0.05) is 6.07 Å². The maximum Gasteiger partial charge on any atom is 0.296 e. The van der Waals surface area contributed by atoms with E-state index in [-0.39, 0.29) is 11.7 Å². The molecule has 1 amide bonds. The Hall–Kier alpha value is -2.21. The van der Waals surface area contributed by atoms with Crippen LogP contribution in [-0.2, 0) is 6.42 Å². The highest BCUT2D eigenvalue weighted by Gasteiger charge is 2.13. The fraction of sp³-hybridized carbons (Fsp3) is 0.154. The summed E-state index contributed by atoms with van der Waals surface area (Å²) in [4.78, 5) is 16.3. The van der Waals surface area contributed by atoms with Gasteiger partial charge < -0.3 is 4.52 Å². The molecule has 0 bridgehead atoms. The molecule has 0 radical (unpaired) electrons. The van der Waals surface area contributed by atoms with E-state index in [1.165, 1.54) is 29.2 Å². The van der Waals surface area contributed by atoms with E-state index in [0.29, 0.717) is 5.13 Å². The van der Waals surface area contributed by atoms with E-state index < -0.39 is 0 Å². The summed E-state index contributed by atoms with van der Waals surface area (Å²) in [6, 6.07) is 7.56. The van der Waals surface area contributed by atoms with Crippen molar-refractivity contribution in [2.24, 2.45) is 0 Å². The summed E-state index contributed by atoms with van der Waals surface area (Å²) in [5.74, 6) is -0.162. The molecule has 96 valence electrons. The van der Waals surface area contributed by atoms with E-state index in [4.69, 9.17) is 4.52 Å². The normalized spacial score (nSPS) is 10.8. The van der Waals surface area contributed by atoms with Crippen molar-refractivity contribution < 1.29 is 9.32 Å². The van der Waals surface area contributed by atoms with Crippen LogP contribution in [0.25, 0.3) is 10.2 Å². The molecule has 19 heavy (non-hydrogen) atoms. The molecule has 3 rings (SSSR count). The van der Waals surface area contributed by atoms with Gasteiger partial charge in [-0.05, 0) is 18.1 Å². The standard InChI is InChI=1S/C13H11N3O2S/c1-2-8-4-3-5-10-11(8)15-13(19-10)16-12(17)9-6-7-14-18-9/h3-7H,2H2,1H3,(H,15,16,17). The summed E-state index contributed by atoms with van der Waals surface area (Å²) in [5.41, 5.74) is 2.12. The summed E-state index contributed by atoms with van der Waals surface area (Å²) >= 11 is 1.45. The lowest BCUT2D eigenvalue weighted by Gasteiger charge is -1.96. The molecule has 2 aromatic heterocycles. The molecule has 6 heteroatoms. The average molecular weight is 273 g/mol. The van der Waals surface area contributed by atoms with E-state index in [2.05, 4.69) is 22.4 Å². The van der Waals surface area contributed by atoms with Gasteiger partial charge in [-0.15, -0.1) is 0 Å². The number of hydrogen-bond donors (Lipinski definition) is 1. The number of nitrogens with zero attached hydrogens (tertiary/aromatic N) is 2. The van der Waals surface area contributed by atoms with Gasteiger partial charge in [0.2, 0.25) is 5.76 Å². The van der Waals surface area contributed by atoms with Gasteiger partial charge in [0.05, 0.1) is 16.4 Å². The molecule has 0 fully saturated rings. The van der Waals surface area contributed by atoms with Crippen LogP contribution in [0.3, 0.4) is 0 Å². The lowest BCUT2D eigenvalue weighted by molar-refractivity contribution is 0.0988. The molecular formula is C13H11N3O2S. The smallest absolute Gasteiger partial charge is 0.296 e. The molecule has 3 aromatic rings. The predicted molar refractivity (Wildman–Crippen MR) is 73.5 cm³/mol. The van der Waals surface area contributed by atoms with E-state index >= 15 is 0 Å². The van der Waals surface area contributed by atoms with Crippen molar-refractivity contribution in [3.63, 3.8) is 0 Å². The molecule has 0 saturated heterocycles. The molecule has 0 unspecified atom stereocenters. The lowest BCUT2D eigenvalue weighted by atomic mass is 10.1. The maximum absolute atomic E-state index is 11.8. The Kier molecular flexibility index (Phi) is 3.00. The monoisotopic (exact) mass is 273 g/mol. The highest BCUT2D eigenvalue weighted by Crippen LogP contribution is 2.28. The van der Waals surface area contributed by atoms with Gasteiger partial charge in [-0.1, -0.05) is 35.5 Å². The van der Waals surface area contributed by atoms with Crippen LogP contribution in [0.1, 0.15) is 23.0 Å². The zero-order chi connectivity index (χ0) is 13.2. The Bertz CT molecular complexity index is 719. The molecule has 0 atom stereocenters. The average Bonchev–Trinajstić information content (AvgIpc) is 3.06. The minimum Gasteiger partial charge on any atom is -0.351 e. The zero-order valence-corrected chi connectivity index (χ0v) is 11.0. The first-order chi connectivity index (χ1) is 9.28. The Morgan fingerprint density at radius 3 is 3.05 bits per heavy atom. The van der Waals surface area contributed by atoms with Crippen molar-refractivity contribution in [2.45, 2.75) is 13.3 Å². The van der Waals surface area contributed by atoms with Crippen molar-refractivity contribution in [1.29, 1.82) is 0 Å². The SMILES string of the molecule is CCc1cccc2sc(NC(=O)c3ccno3)nc12. The molecular weight excluding hydrogens is 262 g/mol. The highest BCUT2D eigenvalue weighted by molar-refractivity contribution is 7.22. The minimum absolute atomic E-state index is 0.176. The van der Waals surface area contributed by atoms with Crippen molar-refractivity contribution in [2.75, 3.05) is 5.32 Å². The van der Waals surface area contributed by atoms with Crippen LogP contribution in [0, 0.1) is 0 Å². The highest BCUT2D eigenvalue weighted by atomic mass is 32.1. The molecule has 5 nitrogen and oxygen atoms in total. The van der Waals surface area contributed by atoms with Gasteiger partial charge >= 0.3 is 0 Å². The number of rotatable bonds is 3. The predicted octanol–water partition coefficient (Wildman–Crippen LogP) is 3.10. The number of para-hydroxylation sites is 1. The van der Waals surface area contributed by atoms with Crippen molar-refractivity contribution in [3.8, 4) is 0 Å². The summed E-state index contributed by atoms with van der Waals surface area (Å²) in [7, 11) is 0. The number of aromatic nitrogens is 2. The van der Waals surface area contributed by atoms with Crippen LogP contribution in [0.5, 0.6) is 0 Å². The van der Waals surface area contributed by atoms with Crippen LogP contribution < -0.4 is 5.32 Å². The topological polar surface area (TPSA) is 68.0 Å². The second kappa shape index (κ2) is 4.81. The number of carbonyl (C=O) groups excluding carboxylic acids is 1. The number of anilines is 1. The third-order valence-electron chi connectivity index (χ3n) is 2.77. The van der Waals surface area contributed by atoms with Gasteiger partial charge in [-0.3, -0.25) is 10.1 Å². The second-order valence-corrected chi connectivity index (χ2v) is 5.00. The molecule has 0 spiro atoms. The molecule has 0 aliphatic rings. The van der Waals surface area contributed by atoms with Crippen molar-refractivity contribution in [1.82, 2.24) is 10.1 Å². The number of carbonyl (C=O) groups is 1. The van der Waals surface area contributed by atoms with Crippen LogP contribution in [0.2, 0.25) is 0 Å². The largest absolute Gasteiger partial charge is 0.351 e. The number of nitrogens with one attached hydrogen (secondary N) is 1. The molecule has 0 aliphatic heterocycles. The van der Waals surface area contributed by atoms with Gasteiger partial charge in [0.25, 0.3) is 5.91 Å². The second-order valence-electron chi connectivity index (χ2n) is 3.97. The van der Waals surface area contributed by atoms with Crippen LogP contribution in [0.4, 0.5) is 5.13 Å². The summed E-state index contributed by atoms with van der Waals surface area (Å²) in [5, 5.41) is 6.79. The minimum atomic E-state index is -0.338. The molecule has 0 saturated carbocycles. The van der Waals surface area contributed by atoms with Gasteiger partial charge in [0.1, 0.15) is 0 Å². The third kappa shape index (κ3) is 2.22. The van der Waals surface area contributed by atoms with Crippen LogP contribution in [-0.4, -0.2) is 16.0 Å². The van der Waals surface area contributed by atoms with Gasteiger partial charge in [0.15, 0.2) is 5.13 Å². The fourth-order valence-corrected chi connectivity index (χ4v) is 2.74. The molecule has 1 aromatic carbocycles. The quantitative estimate of drug-likeness (QED) is 0.796. The summed E-state index contributed by atoms with van der Waals surface area (Å²) in [6.07, 6.45) is 2.35. The van der Waals surface area contributed by atoms with Crippen LogP contribution in [0.15, 0.2) is 35.0 Å². The number of fused-ring (bicyclic) bond motifs is 1. The third-order valence-corrected chi connectivity index (χ3v) is 3.70. The Morgan fingerprint density at radius 2 is 2.32 bits per heavy atom. The van der Waals surface area contributed by atoms with Gasteiger partial charge in [-0.25, -0.2) is 4.98 Å². The number of amides is 1. The van der Waals surface area contributed by atoms with Crippen LogP contribution >= 0.6 is 11.3 Å². The van der Waals surface area contributed by atoms with E-state index in [1.807, 2.05) is 18.2 Å². The Labute approximate surface area is 113 Å². The fourth-order valence-electron chi connectivity index (χ4n) is 1.84. The maximum atomic E-state index is 11.8. The van der Waals surface area contributed by atoms with E-state index in [9.17, 15) is 4.79 Å². The lowest BCUT2D eigenvalue weighted by Crippen LogP contribution is -2.10. The first-order valence-corrected chi connectivity index (χ1v) is 6.70. The molecule has 2 heterocycles. The van der Waals surface area contributed by atoms with Gasteiger partial charge in [-0.2, -0.15) is 0 Å². The molecule has 0 aliphatic carbocycles. The van der Waals surface area contributed by atoms with Crippen molar-refractivity contribution >= 4 is 32.6 Å². The van der Waals surface area contributed by atoms with E-state index in [0.717, 1.165) is 16.6 Å². The Morgan fingerprint density at radius 1 is 1.42 bits per heavy atom. The van der Waals surface area contributed by atoms with E-state index in [1.54, 1.807) is 0 Å². The number of hydrogen-bond acceptors (Lipinski definition) is 5. The summed E-state index contributed by atoms with van der Waals surface area (Å²) < 4.78 is 5.86. The summed E-state index contributed by atoms with van der Waals surface area (Å²) in [6.45, 7) is 2.08.